The van der Waals surface area contributed by atoms with Gasteiger partial charge >= 0.3 is 12.3 Å². The fraction of sp³-hybridized carbons (Fsp3) is 0.278. The minimum absolute atomic E-state index is 0.268. The van der Waals surface area contributed by atoms with E-state index in [2.05, 4.69) is 4.74 Å². The molecule has 1 amide bonds. The van der Waals surface area contributed by atoms with Gasteiger partial charge in [0.15, 0.2) is 0 Å². The summed E-state index contributed by atoms with van der Waals surface area (Å²) in [6.07, 6.45) is -6.83. The number of hydrogen-bond acceptors (Lipinski definition) is 3. The first-order chi connectivity index (χ1) is 11.8. The zero-order valence-corrected chi connectivity index (χ0v) is 13.7. The molecule has 0 saturated heterocycles. The number of nitrogens with zero attached hydrogens (tertiary/aromatic N) is 1. The Morgan fingerprint density at radius 2 is 1.52 bits per heavy atom. The maximum Gasteiger partial charge on any atom is 0.438 e. The number of halogens is 3. The van der Waals surface area contributed by atoms with Crippen LogP contribution in [-0.4, -0.2) is 19.4 Å². The lowest BCUT2D eigenvalue weighted by Gasteiger charge is -2.31. The van der Waals surface area contributed by atoms with Crippen molar-refractivity contribution >= 4 is 11.8 Å². The summed E-state index contributed by atoms with van der Waals surface area (Å²) in [5.74, 6) is -1.84. The normalized spacial score (nSPS) is 13.8. The van der Waals surface area contributed by atoms with E-state index in [1.165, 1.54) is 24.3 Å². The van der Waals surface area contributed by atoms with E-state index >= 15 is 0 Å². The van der Waals surface area contributed by atoms with Crippen LogP contribution in [-0.2, 0) is 9.57 Å². The predicted octanol–water partition coefficient (Wildman–Crippen LogP) is 5.13. The monoisotopic (exact) mass is 353 g/mol. The maximum absolute atomic E-state index is 13.3. The number of anilines is 1. The number of alkyl halides is 3. The zero-order valence-electron chi connectivity index (χ0n) is 13.7. The number of hydroxylamine groups is 1. The fourth-order valence-corrected chi connectivity index (χ4v) is 2.22. The van der Waals surface area contributed by atoms with E-state index in [0.29, 0.717) is 5.56 Å². The van der Waals surface area contributed by atoms with Crippen molar-refractivity contribution in [2.75, 3.05) is 12.2 Å². The van der Waals surface area contributed by atoms with E-state index in [9.17, 15) is 18.0 Å². The molecule has 134 valence electrons. The van der Waals surface area contributed by atoms with Crippen LogP contribution in [0.3, 0.4) is 0 Å². The van der Waals surface area contributed by atoms with E-state index in [-0.39, 0.29) is 5.69 Å². The van der Waals surface area contributed by atoms with Crippen molar-refractivity contribution in [3.63, 3.8) is 0 Å². The van der Waals surface area contributed by atoms with E-state index in [0.717, 1.165) is 19.1 Å². The third kappa shape index (κ3) is 4.73. The van der Waals surface area contributed by atoms with Gasteiger partial charge in [-0.25, -0.2) is 4.79 Å². The SMILES string of the molecule is COC(=O)N(OC(c1ccccc1)C(C)C(F)(F)F)c1ccccc1. The molecule has 7 heteroatoms. The highest BCUT2D eigenvalue weighted by molar-refractivity contribution is 5.85. The van der Waals surface area contributed by atoms with E-state index in [4.69, 9.17) is 4.84 Å². The topological polar surface area (TPSA) is 38.8 Å². The average molecular weight is 353 g/mol. The number of rotatable bonds is 5. The first kappa shape index (κ1) is 18.8. The number of carbonyl (C=O) groups excluding carboxylic acids is 1. The Hall–Kier alpha value is -2.54. The molecular weight excluding hydrogens is 335 g/mol. The average Bonchev–Trinajstić information content (AvgIpc) is 2.62. The number of methoxy groups -OCH3 is 1. The Kier molecular flexibility index (Phi) is 6.03. The smallest absolute Gasteiger partial charge is 0.438 e. The highest BCUT2D eigenvalue weighted by Crippen LogP contribution is 2.39. The molecule has 0 spiro atoms. The van der Waals surface area contributed by atoms with Crippen LogP contribution >= 0.6 is 0 Å². The zero-order chi connectivity index (χ0) is 18.4. The molecule has 0 radical (unpaired) electrons. The minimum atomic E-state index is -4.50. The van der Waals surface area contributed by atoms with Gasteiger partial charge in [-0.1, -0.05) is 55.5 Å². The molecule has 0 saturated carbocycles. The summed E-state index contributed by atoms with van der Waals surface area (Å²) in [5.41, 5.74) is 0.571. The molecule has 4 nitrogen and oxygen atoms in total. The first-order valence-electron chi connectivity index (χ1n) is 7.56. The van der Waals surface area contributed by atoms with E-state index in [1.54, 1.807) is 36.4 Å². The van der Waals surface area contributed by atoms with Crippen LogP contribution in [0.25, 0.3) is 0 Å². The number of amides is 1. The summed E-state index contributed by atoms with van der Waals surface area (Å²) in [7, 11) is 1.13. The molecule has 2 rings (SSSR count). The molecule has 0 N–H and O–H groups in total. The van der Waals surface area contributed by atoms with Gasteiger partial charge in [-0.15, -0.1) is 0 Å². The predicted molar refractivity (Wildman–Crippen MR) is 86.8 cm³/mol. The summed E-state index contributed by atoms with van der Waals surface area (Å²) >= 11 is 0. The van der Waals surface area contributed by atoms with Gasteiger partial charge in [0, 0.05) is 0 Å². The highest BCUT2D eigenvalue weighted by Gasteiger charge is 2.44. The van der Waals surface area contributed by atoms with Gasteiger partial charge in [0.1, 0.15) is 6.10 Å². The summed E-state index contributed by atoms with van der Waals surface area (Å²) in [6, 6.07) is 16.0. The molecule has 0 bridgehead atoms. The van der Waals surface area contributed by atoms with Crippen molar-refractivity contribution in [1.29, 1.82) is 0 Å². The fourth-order valence-electron chi connectivity index (χ4n) is 2.22. The molecule has 0 fully saturated rings. The molecule has 0 aromatic heterocycles. The standard InChI is InChI=1S/C18H18F3NO3/c1-13(18(19,20)21)16(14-9-5-3-6-10-14)25-22(17(23)24-2)15-11-7-4-8-12-15/h3-13,16H,1-2H3. The minimum Gasteiger partial charge on any atom is -0.451 e. The summed E-state index contributed by atoms with van der Waals surface area (Å²) < 4.78 is 44.6. The molecule has 2 aromatic rings. The van der Waals surface area contributed by atoms with Crippen molar-refractivity contribution in [2.45, 2.75) is 19.2 Å². The van der Waals surface area contributed by atoms with Gasteiger partial charge in [-0.2, -0.15) is 18.2 Å². The van der Waals surface area contributed by atoms with Crippen LogP contribution in [0.1, 0.15) is 18.6 Å². The molecule has 0 aliphatic carbocycles. The second-order valence-electron chi connectivity index (χ2n) is 5.37. The third-order valence-electron chi connectivity index (χ3n) is 3.65. The van der Waals surface area contributed by atoms with Gasteiger partial charge in [-0.05, 0) is 17.7 Å². The van der Waals surface area contributed by atoms with Crippen molar-refractivity contribution < 1.29 is 27.5 Å². The number of carbonyl (C=O) groups is 1. The second kappa shape index (κ2) is 8.02. The van der Waals surface area contributed by atoms with Crippen LogP contribution in [0.5, 0.6) is 0 Å². The molecule has 2 atom stereocenters. The lowest BCUT2D eigenvalue weighted by atomic mass is 9.97. The number of ether oxygens (including phenoxy) is 1. The van der Waals surface area contributed by atoms with Gasteiger partial charge in [0.2, 0.25) is 0 Å². The van der Waals surface area contributed by atoms with Crippen LogP contribution in [0.4, 0.5) is 23.7 Å². The lowest BCUT2D eigenvalue weighted by Crippen LogP contribution is -2.37. The van der Waals surface area contributed by atoms with Gasteiger partial charge < -0.3 is 4.74 Å². The Morgan fingerprint density at radius 1 is 1.00 bits per heavy atom. The van der Waals surface area contributed by atoms with Gasteiger partial charge in [-0.3, -0.25) is 4.84 Å². The van der Waals surface area contributed by atoms with Crippen LogP contribution in [0.2, 0.25) is 0 Å². The van der Waals surface area contributed by atoms with Crippen LogP contribution in [0, 0.1) is 5.92 Å². The van der Waals surface area contributed by atoms with Crippen molar-refractivity contribution in [2.24, 2.45) is 5.92 Å². The van der Waals surface area contributed by atoms with Gasteiger partial charge in [0.05, 0.1) is 18.7 Å². The number of para-hydroxylation sites is 1. The highest BCUT2D eigenvalue weighted by atomic mass is 19.4. The van der Waals surface area contributed by atoms with E-state index in [1.807, 2.05) is 0 Å². The molecule has 25 heavy (non-hydrogen) atoms. The Morgan fingerprint density at radius 3 is 2.00 bits per heavy atom. The van der Waals surface area contributed by atoms with Crippen molar-refractivity contribution in [3.05, 3.63) is 66.2 Å². The Bertz CT molecular complexity index is 677. The number of benzene rings is 2. The largest absolute Gasteiger partial charge is 0.451 e. The first-order valence-corrected chi connectivity index (χ1v) is 7.56. The van der Waals surface area contributed by atoms with Crippen LogP contribution < -0.4 is 5.06 Å². The van der Waals surface area contributed by atoms with E-state index < -0.39 is 24.3 Å². The molecule has 0 aliphatic rings. The Labute approximate surface area is 143 Å². The molecule has 0 heterocycles. The summed E-state index contributed by atoms with van der Waals surface area (Å²) in [5, 5.41) is 0.736. The van der Waals surface area contributed by atoms with Crippen LogP contribution in [0.15, 0.2) is 60.7 Å². The number of hydrogen-bond donors (Lipinski definition) is 0. The van der Waals surface area contributed by atoms with Gasteiger partial charge in [0.25, 0.3) is 0 Å². The summed E-state index contributed by atoms with van der Waals surface area (Å²) in [4.78, 5) is 17.6. The maximum atomic E-state index is 13.3. The molecule has 0 aliphatic heterocycles. The molecule has 2 unspecified atom stereocenters. The second-order valence-corrected chi connectivity index (χ2v) is 5.37. The molecular formula is C18H18F3NO3. The third-order valence-corrected chi connectivity index (χ3v) is 3.65. The molecule has 2 aromatic carbocycles. The summed E-state index contributed by atoms with van der Waals surface area (Å²) in [6.45, 7) is 1.01. The lowest BCUT2D eigenvalue weighted by molar-refractivity contribution is -0.204. The Balaban J connectivity index is 2.40. The quantitative estimate of drug-likeness (QED) is 0.700. The van der Waals surface area contributed by atoms with Crippen molar-refractivity contribution in [3.8, 4) is 0 Å². The van der Waals surface area contributed by atoms with Crippen molar-refractivity contribution in [1.82, 2.24) is 0 Å².